The molecule has 1 fully saturated rings. The van der Waals surface area contributed by atoms with Crippen molar-refractivity contribution in [3.63, 3.8) is 0 Å². The summed E-state index contributed by atoms with van der Waals surface area (Å²) in [7, 11) is 3.07. The van der Waals surface area contributed by atoms with Crippen LogP contribution in [0.2, 0.25) is 0 Å². The zero-order valence-corrected chi connectivity index (χ0v) is 19.7. The molecule has 7 N–H and O–H groups in total. The Morgan fingerprint density at radius 2 is 1.91 bits per heavy atom. The summed E-state index contributed by atoms with van der Waals surface area (Å²) in [5.74, 6) is -7.08. The van der Waals surface area contributed by atoms with Crippen molar-refractivity contribution in [1.82, 2.24) is 4.90 Å². The molecule has 4 rings (SSSR count). The molecule has 0 aromatic heterocycles. The zero-order valence-electron chi connectivity index (χ0n) is 18.9. The van der Waals surface area contributed by atoms with E-state index in [2.05, 4.69) is 0 Å². The largest absolute Gasteiger partial charge is 0.508 e. The number of primary amides is 1. The Hall–Kier alpha value is -3.18. The molecule has 0 heterocycles. The number of aromatic hydroxyl groups is 1. The van der Waals surface area contributed by atoms with Gasteiger partial charge in [-0.2, -0.15) is 0 Å². The number of aliphatic hydroxyl groups excluding tert-OH is 3. The molecule has 4 atom stereocenters. The SMILES string of the molecule is CN(C)C1C(=O)C(C(N)=O)=C(O)C2(O)C(=O)C3=C(O)c4c(O)ccc(/C=C(/Cl)CO)c4CC3CC12. The minimum absolute atomic E-state index is 0.0156. The van der Waals surface area contributed by atoms with E-state index in [-0.39, 0.29) is 34.8 Å². The van der Waals surface area contributed by atoms with Gasteiger partial charge in [0.2, 0.25) is 5.78 Å². The van der Waals surface area contributed by atoms with Crippen LogP contribution in [0.1, 0.15) is 23.1 Å². The Kier molecular flexibility index (Phi) is 6.05. The summed E-state index contributed by atoms with van der Waals surface area (Å²) in [6.07, 6.45) is 1.59. The third-order valence-electron chi connectivity index (χ3n) is 7.10. The average molecular weight is 505 g/mol. The topological polar surface area (TPSA) is 182 Å². The van der Waals surface area contributed by atoms with E-state index in [1.807, 2.05) is 0 Å². The lowest BCUT2D eigenvalue weighted by molar-refractivity contribution is -0.153. The van der Waals surface area contributed by atoms with Gasteiger partial charge in [0.05, 0.1) is 18.2 Å². The normalized spacial score (nSPS) is 28.7. The lowest BCUT2D eigenvalue weighted by atomic mass is 9.57. The lowest BCUT2D eigenvalue weighted by Gasteiger charge is -2.50. The van der Waals surface area contributed by atoms with Crippen molar-refractivity contribution < 1.29 is 39.9 Å². The van der Waals surface area contributed by atoms with E-state index < -0.39 is 64.7 Å². The molecule has 1 amide bonds. The Balaban J connectivity index is 1.97. The number of carbonyl (C=O) groups is 3. The Bertz CT molecular complexity index is 1260. The highest BCUT2D eigenvalue weighted by Gasteiger charge is 2.64. The summed E-state index contributed by atoms with van der Waals surface area (Å²) >= 11 is 5.99. The van der Waals surface area contributed by atoms with Crippen LogP contribution in [0.3, 0.4) is 0 Å². The number of nitrogens with zero attached hydrogens (tertiary/aromatic N) is 1. The Morgan fingerprint density at radius 1 is 1.26 bits per heavy atom. The number of benzene rings is 1. The minimum atomic E-state index is -2.68. The molecule has 1 aromatic rings. The predicted octanol–water partition coefficient (Wildman–Crippen LogP) is 0.536. The van der Waals surface area contributed by atoms with Crippen LogP contribution in [0.25, 0.3) is 11.8 Å². The van der Waals surface area contributed by atoms with E-state index in [4.69, 9.17) is 17.3 Å². The molecule has 0 spiro atoms. The number of likely N-dealkylation sites (N-methyl/N-ethyl adjacent to an activating group) is 1. The van der Waals surface area contributed by atoms with E-state index in [1.165, 1.54) is 31.1 Å². The highest BCUT2D eigenvalue weighted by molar-refractivity contribution is 6.31. The summed E-state index contributed by atoms with van der Waals surface area (Å²) in [5.41, 5.74) is 2.44. The van der Waals surface area contributed by atoms with Crippen molar-refractivity contribution in [2.75, 3.05) is 20.7 Å². The predicted molar refractivity (Wildman–Crippen MR) is 125 cm³/mol. The van der Waals surface area contributed by atoms with Gasteiger partial charge in [0, 0.05) is 16.5 Å². The van der Waals surface area contributed by atoms with Crippen molar-refractivity contribution >= 4 is 40.9 Å². The average Bonchev–Trinajstić information content (AvgIpc) is 2.77. The molecule has 0 radical (unpaired) electrons. The van der Waals surface area contributed by atoms with Crippen LogP contribution in [-0.4, -0.2) is 80.3 Å². The molecule has 11 heteroatoms. The molecule has 10 nitrogen and oxygen atoms in total. The molecule has 0 aliphatic heterocycles. The molecule has 1 saturated carbocycles. The highest BCUT2D eigenvalue weighted by atomic mass is 35.5. The number of nitrogens with two attached hydrogens (primary N) is 1. The molecule has 4 unspecified atom stereocenters. The van der Waals surface area contributed by atoms with Crippen LogP contribution in [0.4, 0.5) is 0 Å². The summed E-state index contributed by atoms with van der Waals surface area (Å²) in [6.45, 7) is -0.429. The van der Waals surface area contributed by atoms with E-state index in [9.17, 15) is 39.9 Å². The molecular weight excluding hydrogens is 480 g/mol. The maximum absolute atomic E-state index is 13.7. The first-order chi connectivity index (χ1) is 16.4. The van der Waals surface area contributed by atoms with E-state index in [1.54, 1.807) is 6.07 Å². The van der Waals surface area contributed by atoms with Crippen molar-refractivity contribution in [2.24, 2.45) is 17.6 Å². The van der Waals surface area contributed by atoms with Gasteiger partial charge in [-0.1, -0.05) is 17.7 Å². The van der Waals surface area contributed by atoms with Gasteiger partial charge >= 0.3 is 0 Å². The smallest absolute Gasteiger partial charge is 0.255 e. The van der Waals surface area contributed by atoms with Crippen molar-refractivity contribution in [1.29, 1.82) is 0 Å². The third-order valence-corrected chi connectivity index (χ3v) is 7.33. The van der Waals surface area contributed by atoms with Gasteiger partial charge < -0.3 is 31.3 Å². The van der Waals surface area contributed by atoms with Gasteiger partial charge in [-0.05, 0) is 56.1 Å². The standard InChI is InChI=1S/C24H25ClN2O8/c1-27(2)18-13-7-10-6-12-9(5-11(25)8-28)3-4-14(29)16(12)19(30)15(10)21(32)24(13,35)22(33)17(20(18)31)23(26)34/h3-5,10,13,18,28-30,33,35H,6-8H2,1-2H3,(H2,26,34)/b11-5+. The van der Waals surface area contributed by atoms with E-state index in [0.717, 1.165) is 0 Å². The first-order valence-electron chi connectivity index (χ1n) is 10.8. The fourth-order valence-corrected chi connectivity index (χ4v) is 5.74. The quantitative estimate of drug-likeness (QED) is 0.319. The van der Waals surface area contributed by atoms with Crippen LogP contribution in [0.15, 0.2) is 34.1 Å². The van der Waals surface area contributed by atoms with Gasteiger partial charge in [-0.3, -0.25) is 19.3 Å². The van der Waals surface area contributed by atoms with Crippen LogP contribution in [-0.2, 0) is 20.8 Å². The Labute approximate surface area is 205 Å². The fraction of sp³-hybridized carbons (Fsp3) is 0.375. The fourth-order valence-electron chi connectivity index (χ4n) is 5.62. The number of phenolic OH excluding ortho intramolecular Hbond substituents is 1. The summed E-state index contributed by atoms with van der Waals surface area (Å²) < 4.78 is 0. The van der Waals surface area contributed by atoms with E-state index in [0.29, 0.717) is 11.1 Å². The van der Waals surface area contributed by atoms with Gasteiger partial charge in [0.1, 0.15) is 22.8 Å². The molecule has 3 aliphatic rings. The molecule has 0 bridgehead atoms. The number of aliphatic hydroxyl groups is 4. The number of fused-ring (bicyclic) bond motifs is 3. The maximum Gasteiger partial charge on any atom is 0.255 e. The number of hydrogen-bond donors (Lipinski definition) is 6. The number of halogens is 1. The van der Waals surface area contributed by atoms with Gasteiger partial charge in [-0.15, -0.1) is 0 Å². The highest BCUT2D eigenvalue weighted by Crippen LogP contribution is 2.53. The van der Waals surface area contributed by atoms with Crippen LogP contribution in [0.5, 0.6) is 5.75 Å². The lowest BCUT2D eigenvalue weighted by Crippen LogP contribution is -2.65. The van der Waals surface area contributed by atoms with Gasteiger partial charge in [0.25, 0.3) is 5.91 Å². The van der Waals surface area contributed by atoms with Crippen molar-refractivity contribution in [3.8, 4) is 5.75 Å². The van der Waals surface area contributed by atoms with Gasteiger partial charge in [0.15, 0.2) is 11.4 Å². The number of amides is 1. The van der Waals surface area contributed by atoms with Crippen LogP contribution < -0.4 is 5.73 Å². The van der Waals surface area contributed by atoms with Crippen LogP contribution >= 0.6 is 11.6 Å². The molecule has 3 aliphatic carbocycles. The Morgan fingerprint density at radius 3 is 2.49 bits per heavy atom. The second kappa shape index (κ2) is 8.49. The molecule has 0 saturated heterocycles. The first-order valence-corrected chi connectivity index (χ1v) is 11.2. The van der Waals surface area contributed by atoms with E-state index >= 15 is 0 Å². The monoisotopic (exact) mass is 504 g/mol. The van der Waals surface area contributed by atoms with Crippen LogP contribution in [0, 0.1) is 11.8 Å². The van der Waals surface area contributed by atoms with Crippen molar-refractivity contribution in [2.45, 2.75) is 24.5 Å². The zero-order chi connectivity index (χ0) is 26.0. The number of Topliss-reactive ketones (excluding diaryl/α,β-unsaturated/α-hetero) is 2. The molecule has 35 heavy (non-hydrogen) atoms. The molecule has 1 aromatic carbocycles. The number of rotatable bonds is 4. The van der Waals surface area contributed by atoms with Crippen molar-refractivity contribution in [3.05, 3.63) is 50.8 Å². The number of phenols is 1. The van der Waals surface area contributed by atoms with Gasteiger partial charge in [-0.25, -0.2) is 0 Å². The minimum Gasteiger partial charge on any atom is -0.508 e. The first kappa shape index (κ1) is 24.9. The molecular formula is C24H25ClN2O8. The second-order valence-corrected chi connectivity index (χ2v) is 9.72. The number of carbonyl (C=O) groups excluding carboxylic acids is 3. The second-order valence-electron chi connectivity index (χ2n) is 9.24. The summed E-state index contributed by atoms with van der Waals surface area (Å²) in [6, 6.07) is 1.68. The third kappa shape index (κ3) is 3.48. The summed E-state index contributed by atoms with van der Waals surface area (Å²) in [5, 5.41) is 53.4. The summed E-state index contributed by atoms with van der Waals surface area (Å²) in [4.78, 5) is 40.2. The number of hydrogen-bond acceptors (Lipinski definition) is 9. The number of ketones is 2. The molecule has 186 valence electrons. The maximum atomic E-state index is 13.7.